The Morgan fingerprint density at radius 2 is 2.08 bits per heavy atom. The topological polar surface area (TPSA) is 46.5 Å². The van der Waals surface area contributed by atoms with Crippen LogP contribution in [0.1, 0.15) is 38.2 Å². The van der Waals surface area contributed by atoms with Gasteiger partial charge in [0, 0.05) is 5.56 Å². The van der Waals surface area contributed by atoms with E-state index in [1.165, 1.54) is 25.1 Å². The van der Waals surface area contributed by atoms with Crippen molar-refractivity contribution >= 4 is 11.5 Å². The van der Waals surface area contributed by atoms with Crippen molar-refractivity contribution in [1.82, 2.24) is 0 Å². The fourth-order valence-corrected chi connectivity index (χ4v) is 2.64. The number of carbonyl (C=O) groups is 1. The summed E-state index contributed by atoms with van der Waals surface area (Å²) in [4.78, 5) is 11.3. The molecule has 0 heterocycles. The van der Waals surface area contributed by atoms with Crippen LogP contribution in [0.25, 0.3) is 5.57 Å². The molecule has 1 aromatic carbocycles. The summed E-state index contributed by atoms with van der Waals surface area (Å²) in [5.74, 6) is -6.13. The molecule has 0 unspecified atom stereocenters. The summed E-state index contributed by atoms with van der Waals surface area (Å²) < 4.78 is 46.2. The number of hydrogen-bond acceptors (Lipinski definition) is 3. The Balaban J connectivity index is 2.29. The second-order valence-electron chi connectivity index (χ2n) is 5.96. The molecule has 0 saturated heterocycles. The van der Waals surface area contributed by atoms with Crippen LogP contribution >= 0.6 is 0 Å². The maximum Gasteiger partial charge on any atom is 0.380 e. The molecule has 1 N–H and O–H groups in total. The summed E-state index contributed by atoms with van der Waals surface area (Å²) in [6.07, 6.45) is 1.83. The van der Waals surface area contributed by atoms with Gasteiger partial charge in [0.05, 0.1) is 6.61 Å². The maximum absolute atomic E-state index is 14.0. The van der Waals surface area contributed by atoms with Crippen molar-refractivity contribution in [3.05, 3.63) is 41.7 Å². The molecule has 6 heteroatoms. The number of halogens is 3. The highest BCUT2D eigenvalue weighted by atomic mass is 19.3. The first-order valence-electron chi connectivity index (χ1n) is 8.05. The van der Waals surface area contributed by atoms with E-state index in [0.29, 0.717) is 6.42 Å². The Bertz CT molecular complexity index is 609. The number of aliphatic hydroxyl groups is 1. The van der Waals surface area contributed by atoms with Crippen LogP contribution < -0.4 is 0 Å². The highest BCUT2D eigenvalue weighted by molar-refractivity contribution is 5.79. The summed E-state index contributed by atoms with van der Waals surface area (Å²) in [6.45, 7) is 1.19. The van der Waals surface area contributed by atoms with Gasteiger partial charge in [-0.1, -0.05) is 37.5 Å². The fraction of sp³-hybridized carbons (Fsp3) is 0.500. The van der Waals surface area contributed by atoms with Crippen LogP contribution in [0.15, 0.2) is 30.3 Å². The van der Waals surface area contributed by atoms with Crippen molar-refractivity contribution in [3.8, 4) is 0 Å². The van der Waals surface area contributed by atoms with Gasteiger partial charge in [-0.2, -0.15) is 8.78 Å². The zero-order valence-electron chi connectivity index (χ0n) is 13.5. The van der Waals surface area contributed by atoms with Crippen molar-refractivity contribution in [1.29, 1.82) is 0 Å². The molecule has 1 atom stereocenters. The average molecular weight is 342 g/mol. The lowest BCUT2D eigenvalue weighted by atomic mass is 9.79. The lowest BCUT2D eigenvalue weighted by molar-refractivity contribution is -0.183. The van der Waals surface area contributed by atoms with Gasteiger partial charge in [-0.05, 0) is 37.0 Å². The van der Waals surface area contributed by atoms with Crippen molar-refractivity contribution in [2.75, 3.05) is 6.61 Å². The minimum Gasteiger partial charge on any atom is -0.461 e. The van der Waals surface area contributed by atoms with Crippen LogP contribution in [0, 0.1) is 11.7 Å². The Kier molecular flexibility index (Phi) is 6.04. The minimum absolute atomic E-state index is 0.170. The zero-order chi connectivity index (χ0) is 17.7. The lowest BCUT2D eigenvalue weighted by Crippen LogP contribution is -2.41. The van der Waals surface area contributed by atoms with Gasteiger partial charge in [0.25, 0.3) is 0 Å². The molecule has 1 aromatic rings. The highest BCUT2D eigenvalue weighted by Crippen LogP contribution is 2.37. The molecule has 1 aliphatic rings. The molecule has 1 fully saturated rings. The Labute approximate surface area is 139 Å². The van der Waals surface area contributed by atoms with Crippen molar-refractivity contribution in [3.63, 3.8) is 0 Å². The number of hydrogen-bond donors (Lipinski definition) is 1. The van der Waals surface area contributed by atoms with E-state index < -0.39 is 23.8 Å². The summed E-state index contributed by atoms with van der Waals surface area (Å²) in [7, 11) is 0. The standard InChI is InChI=1S/C18H21F3O3/c1-2-24-17(23)18(20,21)16(22)11-13(10-12-6-5-7-12)14-8-3-4-9-15(14)19/h3-4,8-9,11-12,16,22H,2,5-7,10H2,1H3/b13-11+/t16-/m0/s1. The van der Waals surface area contributed by atoms with E-state index in [1.807, 2.05) is 0 Å². The van der Waals surface area contributed by atoms with E-state index in [1.54, 1.807) is 6.07 Å². The molecule has 0 aromatic heterocycles. The molecular formula is C18H21F3O3. The highest BCUT2D eigenvalue weighted by Gasteiger charge is 2.47. The zero-order valence-corrected chi connectivity index (χ0v) is 13.5. The normalized spacial score (nSPS) is 17.3. The lowest BCUT2D eigenvalue weighted by Gasteiger charge is -2.27. The molecule has 0 amide bonds. The molecule has 0 aliphatic heterocycles. The van der Waals surface area contributed by atoms with Crippen LogP contribution in [0.3, 0.4) is 0 Å². The largest absolute Gasteiger partial charge is 0.461 e. The number of esters is 1. The van der Waals surface area contributed by atoms with E-state index in [9.17, 15) is 23.1 Å². The summed E-state index contributed by atoms with van der Waals surface area (Å²) >= 11 is 0. The van der Waals surface area contributed by atoms with Gasteiger partial charge in [0.1, 0.15) is 11.9 Å². The van der Waals surface area contributed by atoms with E-state index in [-0.39, 0.29) is 23.7 Å². The predicted octanol–water partition coefficient (Wildman–Crippen LogP) is 3.96. The first-order valence-corrected chi connectivity index (χ1v) is 8.05. The number of aliphatic hydroxyl groups excluding tert-OH is 1. The second-order valence-corrected chi connectivity index (χ2v) is 5.96. The summed E-state index contributed by atoms with van der Waals surface area (Å²) in [5, 5.41) is 9.85. The third-order valence-electron chi connectivity index (χ3n) is 4.23. The molecule has 24 heavy (non-hydrogen) atoms. The number of alkyl halides is 2. The molecule has 2 rings (SSSR count). The molecular weight excluding hydrogens is 321 g/mol. The monoisotopic (exact) mass is 342 g/mol. The van der Waals surface area contributed by atoms with Crippen LogP contribution in [-0.4, -0.2) is 29.7 Å². The van der Waals surface area contributed by atoms with Gasteiger partial charge in [-0.15, -0.1) is 0 Å². The Hall–Kier alpha value is -1.82. The van der Waals surface area contributed by atoms with E-state index in [4.69, 9.17) is 0 Å². The van der Waals surface area contributed by atoms with Gasteiger partial charge in [-0.25, -0.2) is 9.18 Å². The molecule has 1 aliphatic carbocycles. The first-order chi connectivity index (χ1) is 11.4. The van der Waals surface area contributed by atoms with Gasteiger partial charge < -0.3 is 9.84 Å². The Morgan fingerprint density at radius 1 is 1.42 bits per heavy atom. The third-order valence-corrected chi connectivity index (χ3v) is 4.23. The first kappa shape index (κ1) is 18.5. The molecule has 0 radical (unpaired) electrons. The van der Waals surface area contributed by atoms with E-state index >= 15 is 0 Å². The van der Waals surface area contributed by atoms with Crippen LogP contribution in [0.5, 0.6) is 0 Å². The number of ether oxygens (including phenoxy) is 1. The number of benzene rings is 1. The minimum atomic E-state index is -4.08. The fourth-order valence-electron chi connectivity index (χ4n) is 2.64. The van der Waals surface area contributed by atoms with Crippen molar-refractivity contribution in [2.45, 2.75) is 44.6 Å². The molecule has 3 nitrogen and oxygen atoms in total. The molecule has 1 saturated carbocycles. The van der Waals surface area contributed by atoms with Crippen LogP contribution in [0.4, 0.5) is 13.2 Å². The molecule has 0 bridgehead atoms. The van der Waals surface area contributed by atoms with E-state index in [0.717, 1.165) is 25.3 Å². The SMILES string of the molecule is CCOC(=O)C(F)(F)[C@@H](O)/C=C(\CC1CCC1)c1ccccc1F. The maximum atomic E-state index is 14.0. The smallest absolute Gasteiger partial charge is 0.380 e. The third kappa shape index (κ3) is 4.17. The summed E-state index contributed by atoms with van der Waals surface area (Å²) in [5.41, 5.74) is 0.456. The molecule has 132 valence electrons. The number of allylic oxidation sites excluding steroid dienone is 1. The van der Waals surface area contributed by atoms with Crippen molar-refractivity contribution in [2.24, 2.45) is 5.92 Å². The van der Waals surface area contributed by atoms with Crippen LogP contribution in [0.2, 0.25) is 0 Å². The van der Waals surface area contributed by atoms with Crippen molar-refractivity contribution < 1.29 is 27.8 Å². The van der Waals surface area contributed by atoms with Crippen LogP contribution in [-0.2, 0) is 9.53 Å². The predicted molar refractivity (Wildman–Crippen MR) is 83.9 cm³/mol. The van der Waals surface area contributed by atoms with Gasteiger partial charge >= 0.3 is 11.9 Å². The quantitative estimate of drug-likeness (QED) is 0.763. The number of carbonyl (C=O) groups excluding carboxylic acids is 1. The Morgan fingerprint density at radius 3 is 2.62 bits per heavy atom. The van der Waals surface area contributed by atoms with Gasteiger partial charge in [-0.3, -0.25) is 0 Å². The van der Waals surface area contributed by atoms with Gasteiger partial charge in [0.15, 0.2) is 0 Å². The second kappa shape index (κ2) is 7.83. The van der Waals surface area contributed by atoms with Gasteiger partial charge in [0.2, 0.25) is 0 Å². The average Bonchev–Trinajstić information content (AvgIpc) is 2.50. The summed E-state index contributed by atoms with van der Waals surface area (Å²) in [6, 6.07) is 5.82. The number of rotatable bonds is 7. The van der Waals surface area contributed by atoms with E-state index in [2.05, 4.69) is 4.74 Å². The molecule has 0 spiro atoms.